The molecule has 0 aliphatic carbocycles. The summed E-state index contributed by atoms with van der Waals surface area (Å²) in [5, 5.41) is 4.43. The van der Waals surface area contributed by atoms with Gasteiger partial charge in [0.1, 0.15) is 0 Å². The molecule has 0 atom stereocenters. The van der Waals surface area contributed by atoms with Crippen molar-refractivity contribution in [3.8, 4) is 0 Å². The molecule has 1 N–H and O–H groups in total. The summed E-state index contributed by atoms with van der Waals surface area (Å²) in [5.41, 5.74) is 0.119. The average Bonchev–Trinajstić information content (AvgIpc) is 2.21. The van der Waals surface area contributed by atoms with E-state index < -0.39 is 0 Å². The van der Waals surface area contributed by atoms with E-state index in [0.717, 1.165) is 11.8 Å². The summed E-state index contributed by atoms with van der Waals surface area (Å²) in [6.45, 7) is 3.93. The predicted octanol–water partition coefficient (Wildman–Crippen LogP) is 4.29. The Balaban J connectivity index is 2.87. The summed E-state index contributed by atoms with van der Waals surface area (Å²) in [6.07, 6.45) is 0.830. The van der Waals surface area contributed by atoms with E-state index in [9.17, 15) is 4.79 Å². The van der Waals surface area contributed by atoms with Crippen LogP contribution in [0, 0.1) is 0 Å². The highest BCUT2D eigenvalue weighted by Gasteiger charge is 2.22. The van der Waals surface area contributed by atoms with Crippen LogP contribution in [0.1, 0.15) is 30.6 Å². The molecule has 0 fully saturated rings. The Morgan fingerprint density at radius 2 is 2.06 bits per heavy atom. The Labute approximate surface area is 120 Å². The van der Waals surface area contributed by atoms with Crippen molar-refractivity contribution >= 4 is 45.0 Å². The van der Waals surface area contributed by atoms with Gasteiger partial charge in [0.2, 0.25) is 0 Å². The molecule has 1 aromatic rings. The molecule has 0 heterocycles. The molecule has 0 radical (unpaired) electrons. The molecule has 0 saturated carbocycles. The summed E-state index contributed by atoms with van der Waals surface area (Å²) in [4.78, 5) is 12.0. The summed E-state index contributed by atoms with van der Waals surface area (Å²) in [5.74, 6) is -0.205. The van der Waals surface area contributed by atoms with Crippen molar-refractivity contribution in [2.45, 2.75) is 25.8 Å². The van der Waals surface area contributed by atoms with Gasteiger partial charge in [-0.25, -0.2) is 0 Å². The first-order valence-corrected chi connectivity index (χ1v) is 7.07. The third-order valence-corrected chi connectivity index (χ3v) is 3.58. The highest BCUT2D eigenvalue weighted by Crippen LogP contribution is 2.26. The Kier molecular flexibility index (Phi) is 5.29. The molecule has 0 unspecified atom stereocenters. The minimum Gasteiger partial charge on any atom is -0.347 e. The lowest BCUT2D eigenvalue weighted by Gasteiger charge is -2.25. The largest absolute Gasteiger partial charge is 0.347 e. The van der Waals surface area contributed by atoms with Crippen LogP contribution in [-0.4, -0.2) is 16.8 Å². The number of halogens is 3. The van der Waals surface area contributed by atoms with E-state index in [1.807, 2.05) is 13.8 Å². The summed E-state index contributed by atoms with van der Waals surface area (Å²) >= 11 is 15.2. The molecule has 0 aromatic heterocycles. The van der Waals surface area contributed by atoms with Gasteiger partial charge >= 0.3 is 0 Å². The molecule has 0 saturated heterocycles. The molecule has 0 spiro atoms. The predicted molar refractivity (Wildman–Crippen MR) is 76.4 cm³/mol. The van der Waals surface area contributed by atoms with Gasteiger partial charge in [-0.3, -0.25) is 4.79 Å². The van der Waals surface area contributed by atoms with Crippen LogP contribution in [0.3, 0.4) is 0 Å². The number of hydrogen-bond donors (Lipinski definition) is 1. The number of carbonyl (C=O) groups is 1. The van der Waals surface area contributed by atoms with Gasteiger partial charge in [-0.2, -0.15) is 0 Å². The summed E-state index contributed by atoms with van der Waals surface area (Å²) < 4.78 is 0. The van der Waals surface area contributed by atoms with Crippen molar-refractivity contribution in [3.63, 3.8) is 0 Å². The molecule has 0 aliphatic rings. The fourth-order valence-corrected chi connectivity index (χ4v) is 2.73. The van der Waals surface area contributed by atoms with E-state index in [1.54, 1.807) is 18.2 Å². The molecule has 1 rings (SSSR count). The number of benzene rings is 1. The van der Waals surface area contributed by atoms with Crippen LogP contribution in [0.2, 0.25) is 10.0 Å². The van der Waals surface area contributed by atoms with E-state index in [1.165, 1.54) is 0 Å². The molecule has 1 aromatic carbocycles. The average molecular weight is 339 g/mol. The number of rotatable bonds is 4. The van der Waals surface area contributed by atoms with Crippen molar-refractivity contribution in [3.05, 3.63) is 33.8 Å². The molecule has 2 nitrogen and oxygen atoms in total. The summed E-state index contributed by atoms with van der Waals surface area (Å²) in [6, 6.07) is 5.03. The van der Waals surface area contributed by atoms with Crippen molar-refractivity contribution in [1.29, 1.82) is 0 Å². The lowest BCUT2D eigenvalue weighted by molar-refractivity contribution is 0.0912. The maximum absolute atomic E-state index is 12.0. The zero-order valence-electron chi connectivity index (χ0n) is 9.69. The zero-order valence-corrected chi connectivity index (χ0v) is 12.8. The first kappa shape index (κ1) is 14.8. The summed E-state index contributed by atoms with van der Waals surface area (Å²) in [7, 11) is 0. The van der Waals surface area contributed by atoms with Gasteiger partial charge in [0.15, 0.2) is 0 Å². The fourth-order valence-electron chi connectivity index (χ4n) is 1.35. The topological polar surface area (TPSA) is 29.1 Å². The van der Waals surface area contributed by atoms with Crippen molar-refractivity contribution in [1.82, 2.24) is 5.32 Å². The molecule has 1 amide bonds. The first-order chi connectivity index (χ1) is 7.87. The standard InChI is InChI=1S/C12H14BrCl2NO/c1-12(2,6-7-13)16-11(17)8-4-3-5-9(14)10(8)15/h3-5H,6-7H2,1-2H3,(H,16,17). The van der Waals surface area contributed by atoms with Gasteiger partial charge in [-0.1, -0.05) is 45.2 Å². The Hall–Kier alpha value is -0.250. The van der Waals surface area contributed by atoms with Gasteiger partial charge in [0, 0.05) is 10.9 Å². The third kappa shape index (κ3) is 4.16. The van der Waals surface area contributed by atoms with E-state index in [0.29, 0.717) is 15.6 Å². The number of carbonyl (C=O) groups excluding carboxylic acids is 1. The monoisotopic (exact) mass is 337 g/mol. The van der Waals surface area contributed by atoms with Gasteiger partial charge in [-0.15, -0.1) is 0 Å². The SMILES string of the molecule is CC(C)(CCBr)NC(=O)c1cccc(Cl)c1Cl. The van der Waals surface area contributed by atoms with Crippen LogP contribution in [0.25, 0.3) is 0 Å². The van der Waals surface area contributed by atoms with Crippen LogP contribution < -0.4 is 5.32 Å². The molecular weight excluding hydrogens is 325 g/mol. The van der Waals surface area contributed by atoms with Crippen LogP contribution in [-0.2, 0) is 0 Å². The van der Waals surface area contributed by atoms with E-state index in [4.69, 9.17) is 23.2 Å². The van der Waals surface area contributed by atoms with Gasteiger partial charge < -0.3 is 5.32 Å². The second-order valence-electron chi connectivity index (χ2n) is 4.38. The molecule has 17 heavy (non-hydrogen) atoms. The highest BCUT2D eigenvalue weighted by molar-refractivity contribution is 9.09. The molecule has 0 aliphatic heterocycles. The fraction of sp³-hybridized carbons (Fsp3) is 0.417. The van der Waals surface area contributed by atoms with Crippen LogP contribution in [0.5, 0.6) is 0 Å². The van der Waals surface area contributed by atoms with Gasteiger partial charge in [0.05, 0.1) is 15.6 Å². The van der Waals surface area contributed by atoms with Crippen LogP contribution in [0.4, 0.5) is 0 Å². The normalized spacial score (nSPS) is 11.4. The Morgan fingerprint density at radius 3 is 2.65 bits per heavy atom. The van der Waals surface area contributed by atoms with Crippen molar-refractivity contribution in [2.24, 2.45) is 0 Å². The second kappa shape index (κ2) is 6.07. The van der Waals surface area contributed by atoms with Crippen molar-refractivity contribution < 1.29 is 4.79 Å². The second-order valence-corrected chi connectivity index (χ2v) is 5.96. The van der Waals surface area contributed by atoms with Gasteiger partial charge in [-0.05, 0) is 32.4 Å². The van der Waals surface area contributed by atoms with Gasteiger partial charge in [0.25, 0.3) is 5.91 Å². The maximum Gasteiger partial charge on any atom is 0.253 e. The highest BCUT2D eigenvalue weighted by atomic mass is 79.9. The third-order valence-electron chi connectivity index (χ3n) is 2.37. The zero-order chi connectivity index (χ0) is 13.1. The molecule has 94 valence electrons. The molecule has 5 heteroatoms. The Morgan fingerprint density at radius 1 is 1.41 bits per heavy atom. The minimum atomic E-state index is -0.285. The van der Waals surface area contributed by atoms with Crippen LogP contribution >= 0.6 is 39.1 Å². The molecule has 0 bridgehead atoms. The lowest BCUT2D eigenvalue weighted by atomic mass is 10.0. The van der Waals surface area contributed by atoms with E-state index >= 15 is 0 Å². The smallest absolute Gasteiger partial charge is 0.253 e. The lowest BCUT2D eigenvalue weighted by Crippen LogP contribution is -2.43. The Bertz CT molecular complexity index is 421. The number of alkyl halides is 1. The van der Waals surface area contributed by atoms with E-state index in [-0.39, 0.29) is 11.4 Å². The van der Waals surface area contributed by atoms with Crippen molar-refractivity contribution in [2.75, 3.05) is 5.33 Å². The maximum atomic E-state index is 12.0. The van der Waals surface area contributed by atoms with Crippen LogP contribution in [0.15, 0.2) is 18.2 Å². The molecular formula is C12H14BrCl2NO. The number of amides is 1. The number of hydrogen-bond acceptors (Lipinski definition) is 1. The van der Waals surface area contributed by atoms with E-state index in [2.05, 4.69) is 21.2 Å². The minimum absolute atomic E-state index is 0.205. The number of nitrogens with one attached hydrogen (secondary N) is 1. The first-order valence-electron chi connectivity index (χ1n) is 5.20. The quantitative estimate of drug-likeness (QED) is 0.815.